The molecule has 0 aliphatic heterocycles. The van der Waals surface area contributed by atoms with Crippen LogP contribution >= 0.6 is 0 Å². The Kier molecular flexibility index (Phi) is 6.87. The number of hydrogen-bond donors (Lipinski definition) is 3. The molecule has 34 heavy (non-hydrogen) atoms. The third kappa shape index (κ3) is 5.06. The van der Waals surface area contributed by atoms with Crippen molar-refractivity contribution in [1.29, 1.82) is 0 Å². The molecule has 0 heterocycles. The van der Waals surface area contributed by atoms with Gasteiger partial charge in [0, 0.05) is 24.6 Å². The van der Waals surface area contributed by atoms with E-state index in [4.69, 9.17) is 9.84 Å². The molecule has 0 spiro atoms. The quantitative estimate of drug-likeness (QED) is 0.418. The maximum absolute atomic E-state index is 13.4. The van der Waals surface area contributed by atoms with Crippen LogP contribution < -0.4 is 10.6 Å². The minimum Gasteiger partial charge on any atom is -0.478 e. The fraction of sp³-hybridized carbons (Fsp3) is 0.192. The number of nitrogens with one attached hydrogen (secondary N) is 2. The van der Waals surface area contributed by atoms with Gasteiger partial charge in [0.25, 0.3) is 0 Å². The number of ether oxygens (including phenoxy) is 1. The lowest BCUT2D eigenvalue weighted by Gasteiger charge is -2.14. The number of carboxylic acid groups (broad SMARTS) is 1. The lowest BCUT2D eigenvalue weighted by atomic mass is 9.98. The van der Waals surface area contributed by atoms with E-state index in [1.807, 2.05) is 36.4 Å². The lowest BCUT2D eigenvalue weighted by molar-refractivity contribution is -0.116. The first-order valence-electron chi connectivity index (χ1n) is 10.9. The molecule has 0 bridgehead atoms. The minimum absolute atomic E-state index is 0.0321. The molecule has 3 aromatic rings. The SMILES string of the molecule is O=C(CCCNC(=O)OCC1c2ccccc2-c2ccccc21)Nc1ccc(F)c(C(=O)O)c1. The van der Waals surface area contributed by atoms with Gasteiger partial charge in [0.15, 0.2) is 0 Å². The Bertz CT molecular complexity index is 1200. The molecule has 8 heteroatoms. The molecule has 4 rings (SSSR count). The van der Waals surface area contributed by atoms with Gasteiger partial charge in [0.1, 0.15) is 12.4 Å². The fourth-order valence-electron chi connectivity index (χ4n) is 4.08. The number of benzene rings is 3. The first kappa shape index (κ1) is 23.0. The Labute approximate surface area is 195 Å². The van der Waals surface area contributed by atoms with Crippen molar-refractivity contribution < 1.29 is 28.6 Å². The monoisotopic (exact) mass is 462 g/mol. The molecule has 3 aromatic carbocycles. The number of amides is 2. The van der Waals surface area contributed by atoms with E-state index in [2.05, 4.69) is 22.8 Å². The molecule has 0 unspecified atom stereocenters. The van der Waals surface area contributed by atoms with Gasteiger partial charge in [0.2, 0.25) is 5.91 Å². The molecule has 1 aliphatic rings. The zero-order valence-corrected chi connectivity index (χ0v) is 18.2. The van der Waals surface area contributed by atoms with Gasteiger partial charge in [-0.15, -0.1) is 0 Å². The molecule has 3 N–H and O–H groups in total. The van der Waals surface area contributed by atoms with E-state index in [1.54, 1.807) is 0 Å². The van der Waals surface area contributed by atoms with Crippen LogP contribution in [0.5, 0.6) is 0 Å². The fourth-order valence-corrected chi connectivity index (χ4v) is 4.08. The Morgan fingerprint density at radius 2 is 1.59 bits per heavy atom. The number of carbonyl (C=O) groups is 3. The summed E-state index contributed by atoms with van der Waals surface area (Å²) < 4.78 is 18.9. The van der Waals surface area contributed by atoms with Crippen molar-refractivity contribution in [2.24, 2.45) is 0 Å². The van der Waals surface area contributed by atoms with E-state index in [0.29, 0.717) is 6.42 Å². The van der Waals surface area contributed by atoms with Crippen LogP contribution in [0.2, 0.25) is 0 Å². The van der Waals surface area contributed by atoms with Gasteiger partial charge in [-0.25, -0.2) is 14.0 Å². The highest BCUT2D eigenvalue weighted by molar-refractivity contribution is 5.94. The Balaban J connectivity index is 1.22. The van der Waals surface area contributed by atoms with E-state index in [0.717, 1.165) is 34.4 Å². The summed E-state index contributed by atoms with van der Waals surface area (Å²) in [6.45, 7) is 0.435. The molecular weight excluding hydrogens is 439 g/mol. The van der Waals surface area contributed by atoms with E-state index < -0.39 is 23.4 Å². The number of rotatable bonds is 8. The van der Waals surface area contributed by atoms with E-state index in [1.165, 1.54) is 6.07 Å². The molecule has 0 fully saturated rings. The van der Waals surface area contributed by atoms with Crippen molar-refractivity contribution in [3.8, 4) is 11.1 Å². The van der Waals surface area contributed by atoms with Crippen molar-refractivity contribution in [1.82, 2.24) is 5.32 Å². The molecule has 0 aromatic heterocycles. The Morgan fingerprint density at radius 3 is 2.24 bits per heavy atom. The molecule has 0 saturated carbocycles. The van der Waals surface area contributed by atoms with Gasteiger partial charge in [0.05, 0.1) is 5.56 Å². The van der Waals surface area contributed by atoms with Crippen LogP contribution in [0.15, 0.2) is 66.7 Å². The summed E-state index contributed by atoms with van der Waals surface area (Å²) >= 11 is 0. The normalized spacial score (nSPS) is 11.9. The summed E-state index contributed by atoms with van der Waals surface area (Å²) in [6, 6.07) is 19.5. The van der Waals surface area contributed by atoms with Crippen LogP contribution in [0.3, 0.4) is 0 Å². The van der Waals surface area contributed by atoms with Crippen LogP contribution in [-0.2, 0) is 9.53 Å². The van der Waals surface area contributed by atoms with Gasteiger partial charge in [-0.05, 0) is 46.9 Å². The standard InChI is InChI=1S/C26H23FN2O5/c27-23-12-11-16(14-21(23)25(31)32)29-24(30)10-5-13-28-26(33)34-15-22-19-8-3-1-6-17(19)18-7-2-4-9-20(18)22/h1-4,6-9,11-12,14,22H,5,10,13,15H2,(H,28,33)(H,29,30)(H,31,32). The lowest BCUT2D eigenvalue weighted by Crippen LogP contribution is -2.27. The number of anilines is 1. The number of hydrogen-bond acceptors (Lipinski definition) is 4. The van der Waals surface area contributed by atoms with Crippen molar-refractivity contribution in [2.75, 3.05) is 18.5 Å². The number of aromatic carboxylic acids is 1. The largest absolute Gasteiger partial charge is 0.478 e. The number of carbonyl (C=O) groups excluding carboxylic acids is 2. The number of alkyl carbamates (subject to hydrolysis) is 1. The predicted octanol–water partition coefficient (Wildman–Crippen LogP) is 4.78. The summed E-state index contributed by atoms with van der Waals surface area (Å²) in [7, 11) is 0. The smallest absolute Gasteiger partial charge is 0.407 e. The molecule has 174 valence electrons. The average Bonchev–Trinajstić information content (AvgIpc) is 3.15. The Hall–Kier alpha value is -4.20. The van der Waals surface area contributed by atoms with Gasteiger partial charge in [-0.3, -0.25) is 4.79 Å². The third-order valence-corrected chi connectivity index (χ3v) is 5.67. The van der Waals surface area contributed by atoms with Gasteiger partial charge in [-0.1, -0.05) is 48.5 Å². The van der Waals surface area contributed by atoms with Crippen molar-refractivity contribution in [3.63, 3.8) is 0 Å². The molecule has 0 radical (unpaired) electrons. The molecular formula is C26H23FN2O5. The second kappa shape index (κ2) is 10.2. The molecule has 0 saturated heterocycles. The maximum atomic E-state index is 13.4. The summed E-state index contributed by atoms with van der Waals surface area (Å²) in [6.07, 6.45) is -0.126. The molecule has 0 atom stereocenters. The summed E-state index contributed by atoms with van der Waals surface area (Å²) in [5.41, 5.74) is 4.22. The van der Waals surface area contributed by atoms with Crippen LogP contribution in [0, 0.1) is 5.82 Å². The summed E-state index contributed by atoms with van der Waals surface area (Å²) in [5.74, 6) is -2.70. The van der Waals surface area contributed by atoms with Gasteiger partial charge in [-0.2, -0.15) is 0 Å². The maximum Gasteiger partial charge on any atom is 0.407 e. The molecule has 1 aliphatic carbocycles. The van der Waals surface area contributed by atoms with E-state index >= 15 is 0 Å². The highest BCUT2D eigenvalue weighted by atomic mass is 19.1. The van der Waals surface area contributed by atoms with Crippen LogP contribution in [0.25, 0.3) is 11.1 Å². The topological polar surface area (TPSA) is 105 Å². The highest BCUT2D eigenvalue weighted by Gasteiger charge is 2.28. The first-order valence-corrected chi connectivity index (χ1v) is 10.9. The second-order valence-electron chi connectivity index (χ2n) is 7.90. The summed E-state index contributed by atoms with van der Waals surface area (Å²) in [5, 5.41) is 14.1. The predicted molar refractivity (Wildman–Crippen MR) is 124 cm³/mol. The third-order valence-electron chi connectivity index (χ3n) is 5.67. The Morgan fingerprint density at radius 1 is 0.941 bits per heavy atom. The highest BCUT2D eigenvalue weighted by Crippen LogP contribution is 2.44. The van der Waals surface area contributed by atoms with Crippen LogP contribution in [0.4, 0.5) is 14.9 Å². The van der Waals surface area contributed by atoms with Crippen LogP contribution in [0.1, 0.15) is 40.2 Å². The van der Waals surface area contributed by atoms with E-state index in [9.17, 15) is 18.8 Å². The van der Waals surface area contributed by atoms with Crippen molar-refractivity contribution in [2.45, 2.75) is 18.8 Å². The zero-order valence-electron chi connectivity index (χ0n) is 18.2. The second-order valence-corrected chi connectivity index (χ2v) is 7.90. The van der Waals surface area contributed by atoms with Crippen molar-refractivity contribution >= 4 is 23.7 Å². The van der Waals surface area contributed by atoms with Crippen molar-refractivity contribution in [3.05, 3.63) is 89.2 Å². The molecule has 7 nitrogen and oxygen atoms in total. The average molecular weight is 462 g/mol. The van der Waals surface area contributed by atoms with Gasteiger partial charge < -0.3 is 20.5 Å². The summed E-state index contributed by atoms with van der Waals surface area (Å²) in [4.78, 5) is 35.2. The molecule has 2 amide bonds. The first-order chi connectivity index (χ1) is 16.4. The number of fused-ring (bicyclic) bond motifs is 3. The zero-order chi connectivity index (χ0) is 24.1. The van der Waals surface area contributed by atoms with Crippen LogP contribution in [-0.4, -0.2) is 36.2 Å². The van der Waals surface area contributed by atoms with Gasteiger partial charge >= 0.3 is 12.1 Å². The number of halogens is 1. The number of carboxylic acids is 1. The van der Waals surface area contributed by atoms with E-state index in [-0.39, 0.29) is 37.1 Å². The minimum atomic E-state index is -1.42.